The maximum Gasteiger partial charge on any atom is 0.224 e. The third-order valence-corrected chi connectivity index (χ3v) is 4.88. The quantitative estimate of drug-likeness (QED) is 0.792. The summed E-state index contributed by atoms with van der Waals surface area (Å²) < 4.78 is 24.4. The summed E-state index contributed by atoms with van der Waals surface area (Å²) in [5, 5.41) is 3.24. The number of hydrogen-bond donors (Lipinski definition) is 1. The molecule has 0 aromatic heterocycles. The lowest BCUT2D eigenvalue weighted by molar-refractivity contribution is -0.131. The fourth-order valence-electron chi connectivity index (χ4n) is 3.32. The number of amides is 1. The third-order valence-electron chi connectivity index (χ3n) is 4.88. The molecule has 1 N–H and O–H groups in total. The van der Waals surface area contributed by atoms with Gasteiger partial charge >= 0.3 is 0 Å². The lowest BCUT2D eigenvalue weighted by Gasteiger charge is -2.36. The van der Waals surface area contributed by atoms with Crippen molar-refractivity contribution < 1.29 is 18.7 Å². The Labute approximate surface area is 164 Å². The fraction of sp³-hybridized carbons (Fsp3) is 0.381. The highest BCUT2D eigenvalue weighted by Gasteiger charge is 2.22. The molecule has 2 aromatic carbocycles. The standard InChI is InChI=1S/C21H26FN3O3/c1-27-19-8-7-16(15-20(19)28-2)23-10-9-21(26)25-13-11-24(12-14-25)18-6-4-3-5-17(18)22/h3-8,15,23H,9-14H2,1-2H3. The Morgan fingerprint density at radius 3 is 2.43 bits per heavy atom. The number of nitrogens with zero attached hydrogens (tertiary/aromatic N) is 2. The predicted molar refractivity (Wildman–Crippen MR) is 108 cm³/mol. The minimum Gasteiger partial charge on any atom is -0.493 e. The van der Waals surface area contributed by atoms with E-state index in [-0.39, 0.29) is 11.7 Å². The molecular weight excluding hydrogens is 361 g/mol. The molecule has 1 saturated heterocycles. The number of nitrogens with one attached hydrogen (secondary N) is 1. The maximum absolute atomic E-state index is 13.9. The fourth-order valence-corrected chi connectivity index (χ4v) is 3.32. The molecule has 1 heterocycles. The van der Waals surface area contributed by atoms with Crippen molar-refractivity contribution in [2.24, 2.45) is 0 Å². The Bertz CT molecular complexity index is 807. The summed E-state index contributed by atoms with van der Waals surface area (Å²) in [7, 11) is 3.18. The number of rotatable bonds is 7. The second-order valence-corrected chi connectivity index (χ2v) is 6.57. The first-order chi connectivity index (χ1) is 13.6. The average Bonchev–Trinajstić information content (AvgIpc) is 2.74. The summed E-state index contributed by atoms with van der Waals surface area (Å²) in [6.45, 7) is 3.00. The van der Waals surface area contributed by atoms with Crippen LogP contribution in [0.4, 0.5) is 15.8 Å². The van der Waals surface area contributed by atoms with E-state index in [1.54, 1.807) is 26.4 Å². The number of benzene rings is 2. The molecule has 7 heteroatoms. The van der Waals surface area contributed by atoms with Crippen molar-refractivity contribution in [1.82, 2.24) is 4.90 Å². The van der Waals surface area contributed by atoms with Crippen LogP contribution in [0.2, 0.25) is 0 Å². The van der Waals surface area contributed by atoms with Gasteiger partial charge in [-0.2, -0.15) is 0 Å². The maximum atomic E-state index is 13.9. The molecule has 0 bridgehead atoms. The van der Waals surface area contributed by atoms with Gasteiger partial charge < -0.3 is 24.6 Å². The van der Waals surface area contributed by atoms with E-state index in [1.807, 2.05) is 34.1 Å². The molecule has 0 unspecified atom stereocenters. The zero-order chi connectivity index (χ0) is 19.9. The van der Waals surface area contributed by atoms with Gasteiger partial charge in [-0.15, -0.1) is 0 Å². The minimum absolute atomic E-state index is 0.0983. The SMILES string of the molecule is COc1ccc(NCCC(=O)N2CCN(c3ccccc3F)CC2)cc1OC. The van der Waals surface area contributed by atoms with Gasteiger partial charge in [-0.05, 0) is 24.3 Å². The number of anilines is 2. The van der Waals surface area contributed by atoms with Gasteiger partial charge in [0.1, 0.15) is 5.82 Å². The summed E-state index contributed by atoms with van der Waals surface area (Å²) >= 11 is 0. The van der Waals surface area contributed by atoms with Crippen LogP contribution in [-0.4, -0.2) is 57.8 Å². The number of halogens is 1. The van der Waals surface area contributed by atoms with Crippen molar-refractivity contribution in [2.75, 3.05) is 57.2 Å². The van der Waals surface area contributed by atoms with Crippen LogP contribution < -0.4 is 19.7 Å². The van der Waals surface area contributed by atoms with E-state index in [1.165, 1.54) is 6.07 Å². The zero-order valence-corrected chi connectivity index (χ0v) is 16.3. The zero-order valence-electron chi connectivity index (χ0n) is 16.3. The van der Waals surface area contributed by atoms with Gasteiger partial charge in [0.15, 0.2) is 11.5 Å². The Hall–Kier alpha value is -2.96. The number of piperazine rings is 1. The number of para-hydroxylation sites is 1. The summed E-state index contributed by atoms with van der Waals surface area (Å²) in [6, 6.07) is 12.3. The van der Waals surface area contributed by atoms with Crippen LogP contribution in [0, 0.1) is 5.82 Å². The monoisotopic (exact) mass is 387 g/mol. The minimum atomic E-state index is -0.221. The van der Waals surface area contributed by atoms with Gasteiger partial charge in [0.2, 0.25) is 5.91 Å². The van der Waals surface area contributed by atoms with Crippen LogP contribution in [-0.2, 0) is 4.79 Å². The van der Waals surface area contributed by atoms with E-state index in [0.717, 1.165) is 5.69 Å². The molecule has 0 atom stereocenters. The first-order valence-electron chi connectivity index (χ1n) is 9.35. The number of carbonyl (C=O) groups excluding carboxylic acids is 1. The Morgan fingerprint density at radius 2 is 1.75 bits per heavy atom. The van der Waals surface area contributed by atoms with E-state index in [4.69, 9.17) is 9.47 Å². The van der Waals surface area contributed by atoms with Gasteiger partial charge in [0.05, 0.1) is 19.9 Å². The molecular formula is C21H26FN3O3. The van der Waals surface area contributed by atoms with Crippen LogP contribution in [0.1, 0.15) is 6.42 Å². The van der Waals surface area contributed by atoms with E-state index in [0.29, 0.717) is 56.3 Å². The third kappa shape index (κ3) is 4.65. The van der Waals surface area contributed by atoms with Crippen molar-refractivity contribution in [3.8, 4) is 11.5 Å². The summed E-state index contributed by atoms with van der Waals surface area (Å²) in [6.07, 6.45) is 0.397. The Kier molecular flexibility index (Phi) is 6.57. The first-order valence-corrected chi connectivity index (χ1v) is 9.35. The normalized spacial score (nSPS) is 14.0. The molecule has 0 radical (unpaired) electrons. The molecule has 0 saturated carbocycles. The molecule has 28 heavy (non-hydrogen) atoms. The van der Waals surface area contributed by atoms with E-state index in [2.05, 4.69) is 5.32 Å². The Morgan fingerprint density at radius 1 is 1.04 bits per heavy atom. The lowest BCUT2D eigenvalue weighted by Crippen LogP contribution is -2.49. The highest BCUT2D eigenvalue weighted by Crippen LogP contribution is 2.29. The molecule has 1 fully saturated rings. The Balaban J connectivity index is 1.46. The molecule has 6 nitrogen and oxygen atoms in total. The second kappa shape index (κ2) is 9.30. The van der Waals surface area contributed by atoms with E-state index >= 15 is 0 Å². The topological polar surface area (TPSA) is 54.0 Å². The highest BCUT2D eigenvalue weighted by molar-refractivity contribution is 5.77. The van der Waals surface area contributed by atoms with Crippen molar-refractivity contribution in [1.29, 1.82) is 0 Å². The summed E-state index contributed by atoms with van der Waals surface area (Å²) in [5.74, 6) is 1.18. The van der Waals surface area contributed by atoms with Gasteiger partial charge in [-0.1, -0.05) is 12.1 Å². The molecule has 0 spiro atoms. The average molecular weight is 387 g/mol. The van der Waals surface area contributed by atoms with Crippen LogP contribution in [0.15, 0.2) is 42.5 Å². The smallest absolute Gasteiger partial charge is 0.224 e. The highest BCUT2D eigenvalue weighted by atomic mass is 19.1. The molecule has 1 aliphatic rings. The van der Waals surface area contributed by atoms with Crippen LogP contribution in [0.25, 0.3) is 0 Å². The summed E-state index contributed by atoms with van der Waals surface area (Å²) in [5.41, 5.74) is 1.47. The van der Waals surface area contributed by atoms with Gasteiger partial charge in [-0.25, -0.2) is 4.39 Å². The van der Waals surface area contributed by atoms with Crippen LogP contribution in [0.3, 0.4) is 0 Å². The van der Waals surface area contributed by atoms with Crippen molar-refractivity contribution >= 4 is 17.3 Å². The number of carbonyl (C=O) groups is 1. The molecule has 1 amide bonds. The second-order valence-electron chi connectivity index (χ2n) is 6.57. The molecule has 3 rings (SSSR count). The molecule has 0 aliphatic carbocycles. The van der Waals surface area contributed by atoms with Gasteiger partial charge in [0, 0.05) is 50.9 Å². The lowest BCUT2D eigenvalue weighted by atomic mass is 10.2. The predicted octanol–water partition coefficient (Wildman–Crippen LogP) is 2.99. The van der Waals surface area contributed by atoms with Crippen LogP contribution >= 0.6 is 0 Å². The van der Waals surface area contributed by atoms with Gasteiger partial charge in [0.25, 0.3) is 0 Å². The van der Waals surface area contributed by atoms with E-state index in [9.17, 15) is 9.18 Å². The van der Waals surface area contributed by atoms with Crippen molar-refractivity contribution in [3.63, 3.8) is 0 Å². The molecule has 1 aliphatic heterocycles. The molecule has 2 aromatic rings. The van der Waals surface area contributed by atoms with Crippen LogP contribution in [0.5, 0.6) is 11.5 Å². The summed E-state index contributed by atoms with van der Waals surface area (Å²) in [4.78, 5) is 16.3. The number of hydrogen-bond acceptors (Lipinski definition) is 5. The first kappa shape index (κ1) is 19.8. The largest absolute Gasteiger partial charge is 0.493 e. The number of methoxy groups -OCH3 is 2. The van der Waals surface area contributed by atoms with Crippen molar-refractivity contribution in [3.05, 3.63) is 48.3 Å². The molecule has 150 valence electrons. The van der Waals surface area contributed by atoms with Crippen molar-refractivity contribution in [2.45, 2.75) is 6.42 Å². The number of ether oxygens (including phenoxy) is 2. The van der Waals surface area contributed by atoms with E-state index < -0.39 is 0 Å². The van der Waals surface area contributed by atoms with Gasteiger partial charge in [-0.3, -0.25) is 4.79 Å².